The van der Waals surface area contributed by atoms with Gasteiger partial charge in [0.2, 0.25) is 0 Å². The van der Waals surface area contributed by atoms with Crippen molar-refractivity contribution in [3.05, 3.63) is 152 Å². The van der Waals surface area contributed by atoms with E-state index in [0.717, 1.165) is 55.5 Å². The molecule has 0 unspecified atom stereocenters. The summed E-state index contributed by atoms with van der Waals surface area (Å²) >= 11 is 0. The Morgan fingerprint density at radius 1 is 0.455 bits per heavy atom. The second-order valence-electron chi connectivity index (χ2n) is 11.2. The normalized spacial score (nSPS) is 11.6. The van der Waals surface area contributed by atoms with E-state index in [2.05, 4.69) is 143 Å². The number of pyridine rings is 2. The highest BCUT2D eigenvalue weighted by Gasteiger charge is 2.18. The minimum atomic E-state index is 0.794. The summed E-state index contributed by atoms with van der Waals surface area (Å²) < 4.78 is 6.43. The van der Waals surface area contributed by atoms with Gasteiger partial charge in [0.1, 0.15) is 17.0 Å². The van der Waals surface area contributed by atoms with Crippen LogP contribution < -0.4 is 4.90 Å². The lowest BCUT2D eigenvalue weighted by Crippen LogP contribution is -2.11. The number of hydrogen-bond acceptors (Lipinski definition) is 4. The minimum absolute atomic E-state index is 0.794. The maximum absolute atomic E-state index is 6.43. The molecule has 9 aromatic rings. The molecule has 6 aromatic carbocycles. The molecule has 44 heavy (non-hydrogen) atoms. The zero-order valence-electron chi connectivity index (χ0n) is 23.7. The molecule has 0 saturated carbocycles. The zero-order valence-corrected chi connectivity index (χ0v) is 23.7. The van der Waals surface area contributed by atoms with Crippen LogP contribution in [-0.4, -0.2) is 9.97 Å². The van der Waals surface area contributed by atoms with Crippen molar-refractivity contribution in [2.45, 2.75) is 0 Å². The summed E-state index contributed by atoms with van der Waals surface area (Å²) in [6.45, 7) is 0. The number of fused-ring (bicyclic) bond motifs is 6. The molecule has 0 spiro atoms. The van der Waals surface area contributed by atoms with Crippen molar-refractivity contribution >= 4 is 71.4 Å². The van der Waals surface area contributed by atoms with Gasteiger partial charge in [-0.3, -0.25) is 9.88 Å². The lowest BCUT2D eigenvalue weighted by Gasteiger charge is -2.25. The summed E-state index contributed by atoms with van der Waals surface area (Å²) in [5, 5.41) is 9.12. The average molecular weight is 564 g/mol. The standard InChI is InChI=1S/C40H25N3O/c1-2-6-28-20-35(16-13-26(28)5-1)43(34-14-11-27(12-15-34)31-9-10-33-24-41-18-17-32(33)19-31)40-23-39-37(25-42-40)36-21-29-7-3-4-8-30(29)22-38(36)44-39/h1-25H. The van der Waals surface area contributed by atoms with Crippen molar-refractivity contribution in [1.82, 2.24) is 9.97 Å². The van der Waals surface area contributed by atoms with Gasteiger partial charge in [0, 0.05) is 52.2 Å². The Labute approximate surface area is 253 Å². The largest absolute Gasteiger partial charge is 0.456 e. The van der Waals surface area contributed by atoms with Gasteiger partial charge in [0.25, 0.3) is 0 Å². The van der Waals surface area contributed by atoms with E-state index in [1.807, 2.05) is 18.6 Å². The molecule has 0 saturated heterocycles. The van der Waals surface area contributed by atoms with Crippen LogP contribution in [0, 0.1) is 0 Å². The second-order valence-corrected chi connectivity index (χ2v) is 11.2. The summed E-state index contributed by atoms with van der Waals surface area (Å²) in [5.41, 5.74) is 6.05. The molecule has 0 aliphatic heterocycles. The number of anilines is 3. The Morgan fingerprint density at radius 3 is 1.95 bits per heavy atom. The topological polar surface area (TPSA) is 42.2 Å². The van der Waals surface area contributed by atoms with E-state index in [1.54, 1.807) is 0 Å². The summed E-state index contributed by atoms with van der Waals surface area (Å²) in [6, 6.07) is 47.0. The van der Waals surface area contributed by atoms with Crippen molar-refractivity contribution in [3.63, 3.8) is 0 Å². The summed E-state index contributed by atoms with van der Waals surface area (Å²) in [7, 11) is 0. The van der Waals surface area contributed by atoms with Crippen LogP contribution in [0.15, 0.2) is 156 Å². The van der Waals surface area contributed by atoms with E-state index in [-0.39, 0.29) is 0 Å². The first-order valence-corrected chi connectivity index (χ1v) is 14.7. The number of aromatic nitrogens is 2. The molecule has 4 nitrogen and oxygen atoms in total. The predicted octanol–water partition coefficient (Wildman–Crippen LogP) is 11.0. The summed E-state index contributed by atoms with van der Waals surface area (Å²) in [4.78, 5) is 11.5. The molecule has 9 rings (SSSR count). The van der Waals surface area contributed by atoms with Crippen molar-refractivity contribution in [2.75, 3.05) is 4.90 Å². The van der Waals surface area contributed by atoms with Crippen LogP contribution in [0.5, 0.6) is 0 Å². The van der Waals surface area contributed by atoms with Gasteiger partial charge < -0.3 is 4.42 Å². The maximum atomic E-state index is 6.43. The fraction of sp³-hybridized carbons (Fsp3) is 0. The first-order chi connectivity index (χ1) is 21.8. The SMILES string of the molecule is c1ccc2cc(N(c3ccc(-c4ccc5cnccc5c4)cc3)c3cc4oc5cc6ccccc6cc5c4cn3)ccc2c1. The lowest BCUT2D eigenvalue weighted by molar-refractivity contribution is 0.669. The van der Waals surface area contributed by atoms with Crippen LogP contribution in [0.2, 0.25) is 0 Å². The lowest BCUT2D eigenvalue weighted by atomic mass is 10.0. The minimum Gasteiger partial charge on any atom is -0.456 e. The van der Waals surface area contributed by atoms with Gasteiger partial charge in [-0.05, 0) is 86.6 Å². The van der Waals surface area contributed by atoms with Crippen molar-refractivity contribution in [3.8, 4) is 11.1 Å². The van der Waals surface area contributed by atoms with Gasteiger partial charge in [-0.25, -0.2) is 4.98 Å². The molecule has 0 bridgehead atoms. The van der Waals surface area contributed by atoms with Crippen molar-refractivity contribution in [1.29, 1.82) is 0 Å². The number of hydrogen-bond donors (Lipinski definition) is 0. The highest BCUT2D eigenvalue weighted by Crippen LogP contribution is 2.39. The quantitative estimate of drug-likeness (QED) is 0.214. The van der Waals surface area contributed by atoms with Crippen LogP contribution in [0.1, 0.15) is 0 Å². The van der Waals surface area contributed by atoms with Crippen LogP contribution in [-0.2, 0) is 0 Å². The average Bonchev–Trinajstić information content (AvgIpc) is 3.44. The Balaban J connectivity index is 1.19. The van der Waals surface area contributed by atoms with E-state index < -0.39 is 0 Å². The first kappa shape index (κ1) is 24.6. The molecule has 0 atom stereocenters. The third kappa shape index (κ3) is 4.08. The molecule has 4 heteroatoms. The van der Waals surface area contributed by atoms with E-state index in [4.69, 9.17) is 9.40 Å². The summed E-state index contributed by atoms with van der Waals surface area (Å²) in [5.74, 6) is 0.794. The fourth-order valence-corrected chi connectivity index (χ4v) is 6.26. The van der Waals surface area contributed by atoms with Gasteiger partial charge >= 0.3 is 0 Å². The molecule has 206 valence electrons. The molecular weight excluding hydrogens is 538 g/mol. The molecule has 0 aliphatic carbocycles. The zero-order chi connectivity index (χ0) is 29.0. The van der Waals surface area contributed by atoms with Crippen LogP contribution in [0.3, 0.4) is 0 Å². The van der Waals surface area contributed by atoms with E-state index >= 15 is 0 Å². The third-order valence-corrected chi connectivity index (χ3v) is 8.53. The highest BCUT2D eigenvalue weighted by molar-refractivity contribution is 6.10. The van der Waals surface area contributed by atoms with Crippen LogP contribution >= 0.6 is 0 Å². The van der Waals surface area contributed by atoms with Crippen LogP contribution in [0.4, 0.5) is 17.2 Å². The predicted molar refractivity (Wildman–Crippen MR) is 182 cm³/mol. The molecule has 0 aliphatic rings. The molecule has 0 radical (unpaired) electrons. The van der Waals surface area contributed by atoms with E-state index in [0.29, 0.717) is 0 Å². The van der Waals surface area contributed by atoms with Gasteiger partial charge in [0.05, 0.1) is 0 Å². The van der Waals surface area contributed by atoms with E-state index in [9.17, 15) is 0 Å². The maximum Gasteiger partial charge on any atom is 0.141 e. The molecule has 3 heterocycles. The van der Waals surface area contributed by atoms with Crippen LogP contribution in [0.25, 0.3) is 65.4 Å². The Kier molecular flexibility index (Phi) is 5.47. The summed E-state index contributed by atoms with van der Waals surface area (Å²) in [6.07, 6.45) is 5.68. The number of nitrogens with zero attached hydrogens (tertiary/aromatic N) is 3. The molecule has 0 fully saturated rings. The first-order valence-electron chi connectivity index (χ1n) is 14.7. The Bertz CT molecular complexity index is 2510. The van der Waals surface area contributed by atoms with Gasteiger partial charge in [-0.15, -0.1) is 0 Å². The smallest absolute Gasteiger partial charge is 0.141 e. The van der Waals surface area contributed by atoms with Crippen molar-refractivity contribution in [2.24, 2.45) is 0 Å². The fourth-order valence-electron chi connectivity index (χ4n) is 6.26. The Morgan fingerprint density at radius 2 is 1.11 bits per heavy atom. The number of furan rings is 1. The number of benzene rings is 6. The molecular formula is C40H25N3O. The second kappa shape index (κ2) is 9.79. The van der Waals surface area contributed by atoms with Gasteiger partial charge in [-0.2, -0.15) is 0 Å². The number of rotatable bonds is 4. The van der Waals surface area contributed by atoms with E-state index in [1.165, 1.54) is 27.1 Å². The Hall–Kier alpha value is -6.00. The third-order valence-electron chi connectivity index (χ3n) is 8.53. The monoisotopic (exact) mass is 563 g/mol. The van der Waals surface area contributed by atoms with Crippen molar-refractivity contribution < 1.29 is 4.42 Å². The van der Waals surface area contributed by atoms with Gasteiger partial charge in [-0.1, -0.05) is 78.9 Å². The van der Waals surface area contributed by atoms with Gasteiger partial charge in [0.15, 0.2) is 0 Å². The molecule has 0 amide bonds. The molecule has 3 aromatic heterocycles. The molecule has 0 N–H and O–H groups in total. The highest BCUT2D eigenvalue weighted by atomic mass is 16.3.